The third-order valence-corrected chi connectivity index (χ3v) is 3.71. The maximum Gasteiger partial charge on any atom is 0.354 e. The van der Waals surface area contributed by atoms with E-state index in [1.54, 1.807) is 11.9 Å². The molecule has 6 heteroatoms. The Hall–Kier alpha value is -2.37. The highest BCUT2D eigenvalue weighted by atomic mass is 16.5. The number of nitrogens with zero attached hydrogens (tertiary/aromatic N) is 2. The Morgan fingerprint density at radius 3 is 2.90 bits per heavy atom. The Morgan fingerprint density at radius 1 is 1.43 bits per heavy atom. The van der Waals surface area contributed by atoms with Gasteiger partial charge in [0.2, 0.25) is 5.91 Å². The first kappa shape index (κ1) is 13.6. The lowest BCUT2D eigenvalue weighted by Gasteiger charge is -2.31. The summed E-state index contributed by atoms with van der Waals surface area (Å²) < 4.78 is 5.08. The summed E-state index contributed by atoms with van der Waals surface area (Å²) in [5.74, 6) is -0.540. The Balaban J connectivity index is 1.94. The van der Waals surface area contributed by atoms with Gasteiger partial charge in [0.25, 0.3) is 0 Å². The number of piperidine rings is 1. The van der Waals surface area contributed by atoms with Crippen molar-refractivity contribution < 1.29 is 14.3 Å². The van der Waals surface area contributed by atoms with Crippen molar-refractivity contribution in [2.75, 3.05) is 11.6 Å². The van der Waals surface area contributed by atoms with Crippen LogP contribution in [0.1, 0.15) is 19.8 Å². The molecule has 1 N–H and O–H groups in total. The molecule has 0 saturated carbocycles. The van der Waals surface area contributed by atoms with Gasteiger partial charge in [-0.05, 0) is 25.5 Å². The lowest BCUT2D eigenvalue weighted by atomic mass is 9.91. The van der Waals surface area contributed by atoms with Crippen LogP contribution in [-0.2, 0) is 14.3 Å². The molecular weight excluding hydrogens is 270 g/mol. The molecule has 0 radical (unpaired) electrons. The van der Waals surface area contributed by atoms with Crippen molar-refractivity contribution in [3.8, 4) is 0 Å². The van der Waals surface area contributed by atoms with E-state index in [-0.39, 0.29) is 18.0 Å². The van der Waals surface area contributed by atoms with Gasteiger partial charge in [0.1, 0.15) is 6.17 Å². The summed E-state index contributed by atoms with van der Waals surface area (Å²) in [6.45, 7) is 2.08. The van der Waals surface area contributed by atoms with Crippen LogP contribution in [0.3, 0.4) is 0 Å². The molecule has 0 aromatic heterocycles. The Labute approximate surface area is 122 Å². The SMILES string of the molecule is CCOC(=O)C1=NN(c2ccccc2)C2NC(=O)CCC12. The van der Waals surface area contributed by atoms with Crippen molar-refractivity contribution in [3.63, 3.8) is 0 Å². The van der Waals surface area contributed by atoms with Crippen LogP contribution in [-0.4, -0.2) is 30.4 Å². The van der Waals surface area contributed by atoms with Gasteiger partial charge in [-0.25, -0.2) is 9.80 Å². The van der Waals surface area contributed by atoms with Crippen LogP contribution >= 0.6 is 0 Å². The fourth-order valence-electron chi connectivity index (χ4n) is 2.75. The van der Waals surface area contributed by atoms with Gasteiger partial charge in [-0.3, -0.25) is 4.79 Å². The molecule has 1 aromatic rings. The number of benzene rings is 1. The van der Waals surface area contributed by atoms with Gasteiger partial charge in [-0.15, -0.1) is 0 Å². The van der Waals surface area contributed by atoms with E-state index in [9.17, 15) is 9.59 Å². The number of rotatable bonds is 3. The first-order chi connectivity index (χ1) is 10.2. The molecule has 21 heavy (non-hydrogen) atoms. The first-order valence-corrected chi connectivity index (χ1v) is 7.10. The minimum Gasteiger partial charge on any atom is -0.461 e. The Morgan fingerprint density at radius 2 is 2.19 bits per heavy atom. The molecule has 6 nitrogen and oxygen atoms in total. The number of hydrogen-bond acceptors (Lipinski definition) is 5. The van der Waals surface area contributed by atoms with Crippen LogP contribution < -0.4 is 10.3 Å². The smallest absolute Gasteiger partial charge is 0.354 e. The van der Waals surface area contributed by atoms with E-state index < -0.39 is 5.97 Å². The van der Waals surface area contributed by atoms with Gasteiger partial charge in [0.05, 0.1) is 18.2 Å². The van der Waals surface area contributed by atoms with Gasteiger partial charge in [-0.1, -0.05) is 18.2 Å². The van der Waals surface area contributed by atoms with Crippen LogP contribution in [0.25, 0.3) is 0 Å². The van der Waals surface area contributed by atoms with E-state index >= 15 is 0 Å². The minimum atomic E-state index is -0.401. The van der Waals surface area contributed by atoms with Gasteiger partial charge in [0.15, 0.2) is 5.71 Å². The van der Waals surface area contributed by atoms with Gasteiger partial charge < -0.3 is 10.1 Å². The number of hydrogen-bond donors (Lipinski definition) is 1. The second-order valence-electron chi connectivity index (χ2n) is 5.04. The van der Waals surface area contributed by atoms with Crippen LogP contribution in [0.15, 0.2) is 35.4 Å². The third kappa shape index (κ3) is 2.49. The van der Waals surface area contributed by atoms with E-state index in [1.165, 1.54) is 0 Å². The van der Waals surface area contributed by atoms with Crippen LogP contribution in [0.4, 0.5) is 5.69 Å². The normalized spacial score (nSPS) is 24.1. The quantitative estimate of drug-likeness (QED) is 0.850. The molecule has 2 atom stereocenters. The fourth-order valence-corrected chi connectivity index (χ4v) is 2.75. The molecule has 1 amide bonds. The van der Waals surface area contributed by atoms with Crippen molar-refractivity contribution in [1.29, 1.82) is 0 Å². The van der Waals surface area contributed by atoms with Gasteiger partial charge >= 0.3 is 5.97 Å². The van der Waals surface area contributed by atoms with E-state index in [0.29, 0.717) is 25.2 Å². The van der Waals surface area contributed by atoms with E-state index in [4.69, 9.17) is 4.74 Å². The summed E-state index contributed by atoms with van der Waals surface area (Å²) in [6, 6.07) is 9.50. The van der Waals surface area contributed by atoms with Crippen LogP contribution in [0.2, 0.25) is 0 Å². The summed E-state index contributed by atoms with van der Waals surface area (Å²) in [5.41, 5.74) is 1.24. The van der Waals surface area contributed by atoms with E-state index in [1.807, 2.05) is 30.3 Å². The predicted octanol–water partition coefficient (Wildman–Crippen LogP) is 1.28. The number of esters is 1. The van der Waals surface area contributed by atoms with Crippen molar-refractivity contribution in [1.82, 2.24) is 5.32 Å². The predicted molar refractivity (Wildman–Crippen MR) is 77.6 cm³/mol. The average Bonchev–Trinajstić information content (AvgIpc) is 2.87. The molecule has 0 aliphatic carbocycles. The lowest BCUT2D eigenvalue weighted by Crippen LogP contribution is -2.52. The highest BCUT2D eigenvalue weighted by molar-refractivity contribution is 6.38. The second kappa shape index (κ2) is 5.55. The maximum absolute atomic E-state index is 12.1. The number of nitrogens with one attached hydrogen (secondary N) is 1. The maximum atomic E-state index is 12.1. The highest BCUT2D eigenvalue weighted by Crippen LogP contribution is 2.32. The molecule has 1 saturated heterocycles. The summed E-state index contributed by atoms with van der Waals surface area (Å²) in [7, 11) is 0. The molecule has 1 fully saturated rings. The highest BCUT2D eigenvalue weighted by Gasteiger charge is 2.44. The number of ether oxygens (including phenoxy) is 1. The largest absolute Gasteiger partial charge is 0.461 e. The number of fused-ring (bicyclic) bond motifs is 1. The molecule has 2 aliphatic rings. The monoisotopic (exact) mass is 287 g/mol. The van der Waals surface area contributed by atoms with Crippen LogP contribution in [0, 0.1) is 5.92 Å². The van der Waals surface area contributed by atoms with Gasteiger partial charge in [0, 0.05) is 6.42 Å². The molecule has 110 valence electrons. The van der Waals surface area contributed by atoms with E-state index in [0.717, 1.165) is 5.69 Å². The van der Waals surface area contributed by atoms with Crippen molar-refractivity contribution >= 4 is 23.3 Å². The zero-order chi connectivity index (χ0) is 14.8. The number of carbonyl (C=O) groups excluding carboxylic acids is 2. The van der Waals surface area contributed by atoms with Gasteiger partial charge in [-0.2, -0.15) is 5.10 Å². The number of carbonyl (C=O) groups is 2. The molecule has 3 rings (SSSR count). The summed E-state index contributed by atoms with van der Waals surface area (Å²) >= 11 is 0. The zero-order valence-corrected chi connectivity index (χ0v) is 11.8. The standard InChI is InChI=1S/C15H17N3O3/c1-2-21-15(20)13-11-8-9-12(19)16-14(11)18(17-13)10-6-4-3-5-7-10/h3-7,11,14H,2,8-9H2,1H3,(H,16,19). The topological polar surface area (TPSA) is 71.0 Å². The molecular formula is C15H17N3O3. The zero-order valence-electron chi connectivity index (χ0n) is 11.8. The molecule has 2 aliphatic heterocycles. The number of amides is 1. The molecule has 1 aromatic carbocycles. The van der Waals surface area contributed by atoms with E-state index in [2.05, 4.69) is 10.4 Å². The Kier molecular flexibility index (Phi) is 3.60. The summed E-state index contributed by atoms with van der Waals surface area (Å²) in [4.78, 5) is 23.7. The summed E-state index contributed by atoms with van der Waals surface area (Å²) in [5, 5.41) is 9.04. The summed E-state index contributed by atoms with van der Waals surface area (Å²) in [6.07, 6.45) is 0.702. The average molecular weight is 287 g/mol. The minimum absolute atomic E-state index is 0.0162. The van der Waals surface area contributed by atoms with Crippen molar-refractivity contribution in [3.05, 3.63) is 30.3 Å². The second-order valence-corrected chi connectivity index (χ2v) is 5.04. The molecule has 2 heterocycles. The molecule has 0 spiro atoms. The first-order valence-electron chi connectivity index (χ1n) is 7.10. The molecule has 0 bridgehead atoms. The number of anilines is 1. The number of para-hydroxylation sites is 1. The fraction of sp³-hybridized carbons (Fsp3) is 0.400. The number of hydrazone groups is 1. The van der Waals surface area contributed by atoms with Crippen molar-refractivity contribution in [2.45, 2.75) is 25.9 Å². The lowest BCUT2D eigenvalue weighted by molar-refractivity contribution is -0.135. The van der Waals surface area contributed by atoms with Crippen LogP contribution in [0.5, 0.6) is 0 Å². The van der Waals surface area contributed by atoms with Crippen molar-refractivity contribution in [2.24, 2.45) is 11.0 Å². The Bertz CT molecular complexity index is 585. The molecule has 2 unspecified atom stereocenters. The third-order valence-electron chi connectivity index (χ3n) is 3.71.